The van der Waals surface area contributed by atoms with Crippen molar-refractivity contribution in [1.29, 1.82) is 0 Å². The predicted octanol–water partition coefficient (Wildman–Crippen LogP) is -0.550. The Bertz CT molecular complexity index is 964. The lowest BCUT2D eigenvalue weighted by Crippen LogP contribution is -2.53. The first-order chi connectivity index (χ1) is 13.3. The van der Waals surface area contributed by atoms with Crippen molar-refractivity contribution in [1.82, 2.24) is 19.5 Å². The normalized spacial score (nSPS) is 13.6. The third-order valence-electron chi connectivity index (χ3n) is 4.69. The van der Waals surface area contributed by atoms with E-state index in [-0.39, 0.29) is 24.5 Å². The first-order valence-electron chi connectivity index (χ1n) is 8.71. The molecule has 150 valence electrons. The molecule has 1 aliphatic heterocycles. The molecule has 3 rings (SSSR count). The summed E-state index contributed by atoms with van der Waals surface area (Å²) >= 11 is 0. The number of nitrogens with zero attached hydrogens (tertiary/aromatic N) is 4. The van der Waals surface area contributed by atoms with Crippen LogP contribution in [0.15, 0.2) is 29.3 Å². The SMILES string of the molecule is COCCN1CN(C)n2cc(C(=O)NCc3cccn3C)c(=O)c(O)c2C1=O. The minimum atomic E-state index is -0.883. The van der Waals surface area contributed by atoms with E-state index in [4.69, 9.17) is 4.74 Å². The number of hydrogen-bond acceptors (Lipinski definition) is 6. The second-order valence-corrected chi connectivity index (χ2v) is 6.57. The molecule has 0 saturated carbocycles. The highest BCUT2D eigenvalue weighted by atomic mass is 16.5. The number of fused-ring (bicyclic) bond motifs is 1. The Morgan fingerprint density at radius 2 is 2.07 bits per heavy atom. The highest BCUT2D eigenvalue weighted by Crippen LogP contribution is 2.20. The van der Waals surface area contributed by atoms with Gasteiger partial charge in [0, 0.05) is 45.8 Å². The van der Waals surface area contributed by atoms with E-state index in [2.05, 4.69) is 5.32 Å². The maximum Gasteiger partial charge on any atom is 0.277 e. The standard InChI is InChI=1S/C18H23N5O5/c1-20-6-4-5-12(20)9-19-17(26)13-10-23-14(16(25)15(13)24)18(27)22(7-8-28-3)11-21(23)2/h4-6,10,25H,7-9,11H2,1-3H3,(H,19,26). The van der Waals surface area contributed by atoms with Gasteiger partial charge in [0.25, 0.3) is 11.8 Å². The smallest absolute Gasteiger partial charge is 0.277 e. The van der Waals surface area contributed by atoms with Crippen molar-refractivity contribution in [2.75, 3.05) is 39.0 Å². The molecule has 0 fully saturated rings. The van der Waals surface area contributed by atoms with Gasteiger partial charge in [0.15, 0.2) is 11.4 Å². The summed E-state index contributed by atoms with van der Waals surface area (Å²) in [6.07, 6.45) is 3.13. The molecule has 1 aliphatic rings. The van der Waals surface area contributed by atoms with Crippen molar-refractivity contribution in [2.45, 2.75) is 6.54 Å². The topological polar surface area (TPSA) is 109 Å². The van der Waals surface area contributed by atoms with Crippen molar-refractivity contribution in [3.8, 4) is 5.75 Å². The Balaban J connectivity index is 1.90. The van der Waals surface area contributed by atoms with E-state index in [9.17, 15) is 19.5 Å². The fourth-order valence-electron chi connectivity index (χ4n) is 3.07. The van der Waals surface area contributed by atoms with Gasteiger partial charge >= 0.3 is 0 Å². The number of carbonyl (C=O) groups excluding carboxylic acids is 2. The Morgan fingerprint density at radius 1 is 1.32 bits per heavy atom. The molecule has 2 N–H and O–H groups in total. The van der Waals surface area contributed by atoms with Crippen LogP contribution in [-0.2, 0) is 18.3 Å². The summed E-state index contributed by atoms with van der Waals surface area (Å²) in [7, 11) is 5.05. The van der Waals surface area contributed by atoms with Gasteiger partial charge in [0.2, 0.25) is 5.43 Å². The van der Waals surface area contributed by atoms with Crippen LogP contribution < -0.4 is 15.8 Å². The number of nitrogens with one attached hydrogen (secondary N) is 1. The van der Waals surface area contributed by atoms with E-state index >= 15 is 0 Å². The van der Waals surface area contributed by atoms with E-state index in [1.165, 1.54) is 22.9 Å². The number of carbonyl (C=O) groups is 2. The van der Waals surface area contributed by atoms with E-state index < -0.39 is 23.0 Å². The molecule has 0 saturated heterocycles. The largest absolute Gasteiger partial charge is 0.502 e. The lowest BCUT2D eigenvalue weighted by molar-refractivity contribution is 0.0629. The van der Waals surface area contributed by atoms with Crippen molar-refractivity contribution >= 4 is 11.8 Å². The molecule has 0 radical (unpaired) electrons. The molecule has 0 aliphatic carbocycles. The average molecular weight is 389 g/mol. The fraction of sp³-hybridized carbons (Fsp3) is 0.389. The van der Waals surface area contributed by atoms with Crippen molar-refractivity contribution in [3.63, 3.8) is 0 Å². The molecule has 2 amide bonds. The van der Waals surface area contributed by atoms with Crippen LogP contribution in [-0.4, -0.2) is 65.0 Å². The molecule has 0 aromatic carbocycles. The maximum atomic E-state index is 12.7. The van der Waals surface area contributed by atoms with Crippen LogP contribution in [0.2, 0.25) is 0 Å². The first kappa shape index (κ1) is 19.5. The van der Waals surface area contributed by atoms with Gasteiger partial charge in [-0.3, -0.25) is 24.1 Å². The summed E-state index contributed by atoms with van der Waals surface area (Å²) < 4.78 is 8.17. The van der Waals surface area contributed by atoms with Gasteiger partial charge in [-0.2, -0.15) is 0 Å². The molecular formula is C18H23N5O5. The molecular weight excluding hydrogens is 366 g/mol. The minimum absolute atomic E-state index is 0.172. The molecule has 2 aromatic rings. The summed E-state index contributed by atoms with van der Waals surface area (Å²) in [5.74, 6) is -1.87. The van der Waals surface area contributed by atoms with Gasteiger partial charge in [0.05, 0.1) is 13.2 Å². The average Bonchev–Trinajstić information content (AvgIpc) is 3.08. The number of rotatable bonds is 6. The molecule has 10 heteroatoms. The van der Waals surface area contributed by atoms with Crippen LogP contribution in [0.1, 0.15) is 26.5 Å². The summed E-state index contributed by atoms with van der Waals surface area (Å²) in [6.45, 7) is 1.09. The van der Waals surface area contributed by atoms with Crippen molar-refractivity contribution in [2.24, 2.45) is 7.05 Å². The zero-order valence-corrected chi connectivity index (χ0v) is 16.0. The number of methoxy groups -OCH3 is 1. The lowest BCUT2D eigenvalue weighted by Gasteiger charge is -2.37. The number of aromatic hydroxyl groups is 1. The Hall–Kier alpha value is -3.27. The quantitative estimate of drug-likeness (QED) is 0.686. The van der Waals surface area contributed by atoms with Crippen LogP contribution in [0, 0.1) is 0 Å². The molecule has 0 spiro atoms. The first-order valence-corrected chi connectivity index (χ1v) is 8.71. The number of aryl methyl sites for hydroxylation is 1. The third kappa shape index (κ3) is 3.46. The van der Waals surface area contributed by atoms with Crippen LogP contribution in [0.25, 0.3) is 0 Å². The Kier molecular flexibility index (Phi) is 5.41. The molecule has 0 unspecified atom stereocenters. The molecule has 0 atom stereocenters. The van der Waals surface area contributed by atoms with Crippen LogP contribution in [0.4, 0.5) is 0 Å². The zero-order chi connectivity index (χ0) is 20.4. The summed E-state index contributed by atoms with van der Waals surface area (Å²) in [4.78, 5) is 39.2. The monoisotopic (exact) mass is 389 g/mol. The summed E-state index contributed by atoms with van der Waals surface area (Å²) in [5, 5.41) is 14.7. The van der Waals surface area contributed by atoms with Gasteiger partial charge in [-0.15, -0.1) is 0 Å². The molecule has 2 aromatic heterocycles. The van der Waals surface area contributed by atoms with E-state index in [0.717, 1.165) is 5.69 Å². The van der Waals surface area contributed by atoms with Crippen LogP contribution in [0.3, 0.4) is 0 Å². The van der Waals surface area contributed by atoms with Gasteiger partial charge in [-0.05, 0) is 12.1 Å². The van der Waals surface area contributed by atoms with Crippen LogP contribution >= 0.6 is 0 Å². The third-order valence-corrected chi connectivity index (χ3v) is 4.69. The number of ether oxygens (including phenoxy) is 1. The molecule has 3 heterocycles. The fourth-order valence-corrected chi connectivity index (χ4v) is 3.07. The predicted molar refractivity (Wildman–Crippen MR) is 101 cm³/mol. The number of pyridine rings is 1. The Morgan fingerprint density at radius 3 is 2.71 bits per heavy atom. The highest BCUT2D eigenvalue weighted by Gasteiger charge is 2.32. The number of amides is 2. The van der Waals surface area contributed by atoms with Crippen LogP contribution in [0.5, 0.6) is 5.75 Å². The second kappa shape index (κ2) is 7.77. The summed E-state index contributed by atoms with van der Waals surface area (Å²) in [6, 6.07) is 3.69. The second-order valence-electron chi connectivity index (χ2n) is 6.57. The van der Waals surface area contributed by atoms with Gasteiger partial charge in [-0.1, -0.05) is 0 Å². The molecule has 10 nitrogen and oxygen atoms in total. The van der Waals surface area contributed by atoms with Gasteiger partial charge in [-0.25, -0.2) is 0 Å². The maximum absolute atomic E-state index is 12.7. The van der Waals surface area contributed by atoms with E-state index in [0.29, 0.717) is 13.2 Å². The van der Waals surface area contributed by atoms with Crippen molar-refractivity contribution < 1.29 is 19.4 Å². The Labute approximate surface area is 161 Å². The number of aromatic nitrogens is 2. The van der Waals surface area contributed by atoms with Gasteiger partial charge < -0.3 is 24.6 Å². The highest BCUT2D eigenvalue weighted by molar-refractivity contribution is 5.99. The molecule has 28 heavy (non-hydrogen) atoms. The number of hydrogen-bond donors (Lipinski definition) is 2. The van der Waals surface area contributed by atoms with E-state index in [1.54, 1.807) is 12.1 Å². The zero-order valence-electron chi connectivity index (χ0n) is 16.0. The van der Waals surface area contributed by atoms with E-state index in [1.807, 2.05) is 29.9 Å². The lowest BCUT2D eigenvalue weighted by atomic mass is 10.1. The molecule has 0 bridgehead atoms. The van der Waals surface area contributed by atoms with Crippen molar-refractivity contribution in [3.05, 3.63) is 51.7 Å². The summed E-state index contributed by atoms with van der Waals surface area (Å²) in [5.41, 5.74) is -0.433. The minimum Gasteiger partial charge on any atom is -0.502 e. The van der Waals surface area contributed by atoms with Gasteiger partial charge in [0.1, 0.15) is 12.2 Å².